The lowest BCUT2D eigenvalue weighted by molar-refractivity contribution is 0.362. The Kier molecular flexibility index (Phi) is 2.69. The number of hydrogen-bond donors (Lipinski definition) is 0. The average molecular weight is 165 g/mol. The number of methoxy groups -OCH3 is 2. The van der Waals surface area contributed by atoms with Crippen LogP contribution in [0.3, 0.4) is 0 Å². The quantitative estimate of drug-likeness (QED) is 0.639. The van der Waals surface area contributed by atoms with Crippen molar-refractivity contribution in [1.29, 1.82) is 0 Å². The van der Waals surface area contributed by atoms with Crippen LogP contribution in [-0.4, -0.2) is 19.2 Å². The Morgan fingerprint density at radius 3 is 2.83 bits per heavy atom. The zero-order chi connectivity index (χ0) is 8.97. The summed E-state index contributed by atoms with van der Waals surface area (Å²) < 4.78 is 10.1. The van der Waals surface area contributed by atoms with Gasteiger partial charge in [-0.05, 0) is 6.07 Å². The van der Waals surface area contributed by atoms with E-state index < -0.39 is 0 Å². The smallest absolute Gasteiger partial charge is 0.132 e. The van der Waals surface area contributed by atoms with Crippen molar-refractivity contribution in [3.05, 3.63) is 30.6 Å². The summed E-state index contributed by atoms with van der Waals surface area (Å²) in [6.07, 6.45) is 3.32. The number of hydrogen-bond acceptors (Lipinski definition) is 3. The van der Waals surface area contributed by atoms with Crippen LogP contribution in [0, 0.1) is 0 Å². The average Bonchev–Trinajstić information content (AvgIpc) is 2.16. The van der Waals surface area contributed by atoms with E-state index in [4.69, 9.17) is 9.47 Å². The van der Waals surface area contributed by atoms with Gasteiger partial charge in [-0.1, -0.05) is 6.58 Å². The number of pyridine rings is 1. The third-order valence-corrected chi connectivity index (χ3v) is 1.55. The number of rotatable bonds is 3. The summed E-state index contributed by atoms with van der Waals surface area (Å²) in [6.45, 7) is 3.71. The van der Waals surface area contributed by atoms with Crippen molar-refractivity contribution in [2.45, 2.75) is 0 Å². The fraction of sp³-hybridized carbons (Fsp3) is 0.222. The Bertz CT molecular complexity index is 284. The minimum Gasteiger partial charge on any atom is -0.497 e. The van der Waals surface area contributed by atoms with Crippen LogP contribution in [0.5, 0.6) is 5.75 Å². The van der Waals surface area contributed by atoms with Gasteiger partial charge in [0, 0.05) is 12.4 Å². The summed E-state index contributed by atoms with van der Waals surface area (Å²) in [7, 11) is 3.16. The lowest BCUT2D eigenvalue weighted by Crippen LogP contribution is -1.92. The fourth-order valence-electron chi connectivity index (χ4n) is 0.879. The molecule has 0 saturated carbocycles. The lowest BCUT2D eigenvalue weighted by atomic mass is 10.2. The molecule has 3 heteroatoms. The summed E-state index contributed by atoms with van der Waals surface area (Å²) in [5.74, 6) is 1.27. The van der Waals surface area contributed by atoms with E-state index in [2.05, 4.69) is 11.6 Å². The second kappa shape index (κ2) is 3.76. The highest BCUT2D eigenvalue weighted by Crippen LogP contribution is 2.23. The number of nitrogens with zero attached hydrogens (tertiary/aromatic N) is 1. The van der Waals surface area contributed by atoms with Gasteiger partial charge in [-0.3, -0.25) is 4.98 Å². The standard InChI is InChI=1S/C9H11NO2/c1-7(11-2)8-6-10-5-4-9(8)12-3/h4-6H,1H2,2-3H3. The summed E-state index contributed by atoms with van der Waals surface area (Å²) >= 11 is 0. The van der Waals surface area contributed by atoms with Crippen molar-refractivity contribution < 1.29 is 9.47 Å². The monoisotopic (exact) mass is 165 g/mol. The van der Waals surface area contributed by atoms with Gasteiger partial charge in [0.25, 0.3) is 0 Å². The molecule has 1 rings (SSSR count). The first-order chi connectivity index (χ1) is 5.79. The Hall–Kier alpha value is -1.51. The van der Waals surface area contributed by atoms with Gasteiger partial charge in [0.2, 0.25) is 0 Å². The van der Waals surface area contributed by atoms with Crippen LogP contribution in [0.1, 0.15) is 5.56 Å². The molecule has 0 radical (unpaired) electrons. The normalized spacial score (nSPS) is 9.17. The molecule has 3 nitrogen and oxygen atoms in total. The number of ether oxygens (including phenoxy) is 2. The highest BCUT2D eigenvalue weighted by Gasteiger charge is 2.05. The zero-order valence-electron chi connectivity index (χ0n) is 7.20. The third-order valence-electron chi connectivity index (χ3n) is 1.55. The predicted molar refractivity (Wildman–Crippen MR) is 46.8 cm³/mol. The van der Waals surface area contributed by atoms with Gasteiger partial charge in [0.1, 0.15) is 11.5 Å². The maximum atomic E-state index is 5.09. The van der Waals surface area contributed by atoms with Crippen LogP contribution in [0.4, 0.5) is 0 Å². The minimum absolute atomic E-state index is 0.556. The maximum Gasteiger partial charge on any atom is 0.132 e. The second-order valence-corrected chi connectivity index (χ2v) is 2.20. The van der Waals surface area contributed by atoms with Crippen molar-refractivity contribution in [2.24, 2.45) is 0 Å². The zero-order valence-corrected chi connectivity index (χ0v) is 7.20. The van der Waals surface area contributed by atoms with Crippen molar-refractivity contribution in [3.8, 4) is 5.75 Å². The predicted octanol–water partition coefficient (Wildman–Crippen LogP) is 1.71. The summed E-state index contributed by atoms with van der Waals surface area (Å²) in [5.41, 5.74) is 0.780. The summed E-state index contributed by atoms with van der Waals surface area (Å²) in [5, 5.41) is 0. The Balaban J connectivity index is 3.04. The third kappa shape index (κ3) is 1.56. The highest BCUT2D eigenvalue weighted by atomic mass is 16.5. The van der Waals surface area contributed by atoms with Crippen molar-refractivity contribution >= 4 is 5.76 Å². The molecule has 0 N–H and O–H groups in total. The minimum atomic E-state index is 0.556. The molecule has 0 aliphatic carbocycles. The van der Waals surface area contributed by atoms with Crippen LogP contribution in [0.25, 0.3) is 5.76 Å². The number of aromatic nitrogens is 1. The Morgan fingerprint density at radius 2 is 2.25 bits per heavy atom. The molecule has 0 aromatic carbocycles. The molecule has 0 unspecified atom stereocenters. The maximum absolute atomic E-state index is 5.09. The van der Waals surface area contributed by atoms with Gasteiger partial charge in [-0.25, -0.2) is 0 Å². The lowest BCUT2D eigenvalue weighted by Gasteiger charge is -2.08. The van der Waals surface area contributed by atoms with Crippen LogP contribution < -0.4 is 4.74 Å². The molecule has 0 aliphatic heterocycles. The first-order valence-corrected chi connectivity index (χ1v) is 3.51. The van der Waals surface area contributed by atoms with Gasteiger partial charge in [-0.15, -0.1) is 0 Å². The molecule has 64 valence electrons. The molecule has 0 atom stereocenters. The topological polar surface area (TPSA) is 31.4 Å². The summed E-state index contributed by atoms with van der Waals surface area (Å²) in [4.78, 5) is 3.94. The van der Waals surface area contributed by atoms with E-state index in [9.17, 15) is 0 Å². The molecule has 0 bridgehead atoms. The van der Waals surface area contributed by atoms with E-state index in [0.717, 1.165) is 11.3 Å². The molecule has 1 aromatic heterocycles. The van der Waals surface area contributed by atoms with Crippen LogP contribution in [-0.2, 0) is 4.74 Å². The molecule has 0 amide bonds. The first-order valence-electron chi connectivity index (χ1n) is 3.51. The van der Waals surface area contributed by atoms with Crippen molar-refractivity contribution in [2.75, 3.05) is 14.2 Å². The summed E-state index contributed by atoms with van der Waals surface area (Å²) in [6, 6.07) is 1.76. The molecule has 1 heterocycles. The molecular weight excluding hydrogens is 154 g/mol. The van der Waals surface area contributed by atoms with E-state index in [0.29, 0.717) is 5.76 Å². The van der Waals surface area contributed by atoms with Crippen LogP contribution in [0.2, 0.25) is 0 Å². The van der Waals surface area contributed by atoms with Gasteiger partial charge in [0.05, 0.1) is 19.8 Å². The fourth-order valence-corrected chi connectivity index (χ4v) is 0.879. The van der Waals surface area contributed by atoms with Crippen LogP contribution in [0.15, 0.2) is 25.0 Å². The van der Waals surface area contributed by atoms with E-state index in [1.54, 1.807) is 32.7 Å². The van der Waals surface area contributed by atoms with E-state index in [1.807, 2.05) is 0 Å². The van der Waals surface area contributed by atoms with Crippen molar-refractivity contribution in [3.63, 3.8) is 0 Å². The molecule has 0 saturated heterocycles. The van der Waals surface area contributed by atoms with E-state index >= 15 is 0 Å². The Labute approximate surface area is 71.6 Å². The first kappa shape index (κ1) is 8.59. The van der Waals surface area contributed by atoms with Gasteiger partial charge < -0.3 is 9.47 Å². The van der Waals surface area contributed by atoms with Crippen molar-refractivity contribution in [1.82, 2.24) is 4.98 Å². The molecule has 0 fully saturated rings. The SMILES string of the molecule is C=C(OC)c1cnccc1OC. The molecule has 12 heavy (non-hydrogen) atoms. The molecular formula is C9H11NO2. The van der Waals surface area contributed by atoms with Crippen LogP contribution >= 0.6 is 0 Å². The van der Waals surface area contributed by atoms with E-state index in [1.165, 1.54) is 0 Å². The molecule has 0 aliphatic rings. The van der Waals surface area contributed by atoms with E-state index in [-0.39, 0.29) is 0 Å². The molecule has 1 aromatic rings. The van der Waals surface area contributed by atoms with Gasteiger partial charge in [0.15, 0.2) is 0 Å². The highest BCUT2D eigenvalue weighted by molar-refractivity contribution is 5.62. The van der Waals surface area contributed by atoms with Gasteiger partial charge in [-0.2, -0.15) is 0 Å². The largest absolute Gasteiger partial charge is 0.497 e. The Morgan fingerprint density at radius 1 is 1.50 bits per heavy atom. The second-order valence-electron chi connectivity index (χ2n) is 2.20. The van der Waals surface area contributed by atoms with Gasteiger partial charge >= 0.3 is 0 Å². The molecule has 0 spiro atoms.